The number of rotatable bonds is 3. The first-order valence-electron chi connectivity index (χ1n) is 6.40. The van der Waals surface area contributed by atoms with Gasteiger partial charge in [0.1, 0.15) is 6.33 Å². The largest absolute Gasteiger partial charge is 0.387 e. The number of benzene rings is 1. The van der Waals surface area contributed by atoms with Crippen LogP contribution in [0.4, 0.5) is 0 Å². The van der Waals surface area contributed by atoms with E-state index in [4.69, 9.17) is 11.6 Å². The summed E-state index contributed by atoms with van der Waals surface area (Å²) in [6, 6.07) is 8.46. The molecule has 0 radical (unpaired) electrons. The van der Waals surface area contributed by atoms with Gasteiger partial charge in [0, 0.05) is 16.8 Å². The Morgan fingerprint density at radius 1 is 1.33 bits per heavy atom. The highest BCUT2D eigenvalue weighted by Gasteiger charge is 2.14. The van der Waals surface area contributed by atoms with E-state index in [1.165, 1.54) is 16.9 Å². The fourth-order valence-corrected chi connectivity index (χ4v) is 2.37. The van der Waals surface area contributed by atoms with Crippen molar-refractivity contribution in [1.29, 1.82) is 0 Å². The number of hydrogen-bond acceptors (Lipinski definition) is 4. The van der Waals surface area contributed by atoms with Crippen molar-refractivity contribution in [3.8, 4) is 0 Å². The normalized spacial score (nSPS) is 12.7. The van der Waals surface area contributed by atoms with E-state index in [1.54, 1.807) is 35.8 Å². The van der Waals surface area contributed by atoms with Crippen molar-refractivity contribution in [3.63, 3.8) is 0 Å². The van der Waals surface area contributed by atoms with Gasteiger partial charge in [-0.1, -0.05) is 23.7 Å². The third kappa shape index (κ3) is 2.55. The summed E-state index contributed by atoms with van der Waals surface area (Å²) >= 11 is 5.84. The van der Waals surface area contributed by atoms with Crippen molar-refractivity contribution in [1.82, 2.24) is 19.2 Å². The van der Waals surface area contributed by atoms with E-state index >= 15 is 0 Å². The number of nitrogens with zero attached hydrogens (tertiary/aromatic N) is 4. The number of hydrogen-bond donors (Lipinski definition) is 1. The molecule has 3 aromatic rings. The minimum absolute atomic E-state index is 0.239. The Labute approximate surface area is 125 Å². The Hall–Kier alpha value is -2.18. The lowest BCUT2D eigenvalue weighted by molar-refractivity contribution is 0.156. The zero-order chi connectivity index (χ0) is 15.0. The highest BCUT2D eigenvalue weighted by Crippen LogP contribution is 2.19. The fraction of sp³-hybridized carbons (Fsp3) is 0.214. The molecule has 0 amide bonds. The SMILES string of the molecule is Cc1cc(=O)n2ncnc2n1CC(O)c1ccc(Cl)cc1. The van der Waals surface area contributed by atoms with E-state index in [0.29, 0.717) is 16.5 Å². The lowest BCUT2D eigenvalue weighted by Crippen LogP contribution is -2.22. The molecular weight excluding hydrogens is 292 g/mol. The molecule has 2 aromatic heterocycles. The van der Waals surface area contributed by atoms with E-state index < -0.39 is 6.10 Å². The predicted molar refractivity (Wildman–Crippen MR) is 78.4 cm³/mol. The van der Waals surface area contributed by atoms with Gasteiger partial charge in [0.25, 0.3) is 5.56 Å². The number of halogens is 1. The molecule has 6 nitrogen and oxygen atoms in total. The van der Waals surface area contributed by atoms with Gasteiger partial charge in [0.05, 0.1) is 12.6 Å². The van der Waals surface area contributed by atoms with Crippen LogP contribution in [0.25, 0.3) is 5.78 Å². The van der Waals surface area contributed by atoms with Crippen LogP contribution in [0.15, 0.2) is 41.5 Å². The topological polar surface area (TPSA) is 72.4 Å². The van der Waals surface area contributed by atoms with Crippen molar-refractivity contribution in [2.24, 2.45) is 0 Å². The van der Waals surface area contributed by atoms with E-state index in [0.717, 1.165) is 5.56 Å². The quantitative estimate of drug-likeness (QED) is 0.797. The van der Waals surface area contributed by atoms with E-state index in [1.807, 2.05) is 0 Å². The van der Waals surface area contributed by atoms with Crippen LogP contribution < -0.4 is 5.56 Å². The molecule has 0 aliphatic rings. The van der Waals surface area contributed by atoms with Gasteiger partial charge in [0.15, 0.2) is 0 Å². The summed E-state index contributed by atoms with van der Waals surface area (Å²) in [6.45, 7) is 2.07. The first-order valence-corrected chi connectivity index (χ1v) is 6.78. The van der Waals surface area contributed by atoms with Gasteiger partial charge in [-0.25, -0.2) is 0 Å². The average molecular weight is 305 g/mol. The summed E-state index contributed by atoms with van der Waals surface area (Å²) in [6.07, 6.45) is 0.588. The van der Waals surface area contributed by atoms with E-state index in [2.05, 4.69) is 10.1 Å². The van der Waals surface area contributed by atoms with E-state index in [9.17, 15) is 9.90 Å². The fourth-order valence-electron chi connectivity index (χ4n) is 2.24. The molecule has 2 heterocycles. The lowest BCUT2D eigenvalue weighted by Gasteiger charge is -2.16. The molecule has 0 fully saturated rings. The van der Waals surface area contributed by atoms with Gasteiger partial charge in [-0.05, 0) is 24.6 Å². The number of fused-ring (bicyclic) bond motifs is 1. The molecule has 0 aliphatic heterocycles. The smallest absolute Gasteiger partial charge is 0.275 e. The molecule has 0 saturated carbocycles. The summed E-state index contributed by atoms with van der Waals surface area (Å²) in [7, 11) is 0. The third-order valence-electron chi connectivity index (χ3n) is 3.35. The average Bonchev–Trinajstić information content (AvgIpc) is 2.93. The molecule has 0 spiro atoms. The standard InChI is InChI=1S/C14H13ClN4O2/c1-9-6-13(21)19-14(16-8-17-19)18(9)7-12(20)10-2-4-11(15)5-3-10/h2-6,8,12,20H,7H2,1H3. The summed E-state index contributed by atoms with van der Waals surface area (Å²) in [5, 5.41) is 14.9. The number of aryl methyl sites for hydroxylation is 1. The van der Waals surface area contributed by atoms with Crippen LogP contribution in [0.1, 0.15) is 17.4 Å². The molecule has 0 saturated heterocycles. The molecule has 1 atom stereocenters. The number of aliphatic hydroxyl groups is 1. The van der Waals surface area contributed by atoms with Crippen LogP contribution in [0.2, 0.25) is 5.02 Å². The number of aliphatic hydroxyl groups excluding tert-OH is 1. The van der Waals surface area contributed by atoms with Crippen LogP contribution in [0, 0.1) is 6.92 Å². The molecule has 1 unspecified atom stereocenters. The summed E-state index contributed by atoms with van der Waals surface area (Å²) in [5.41, 5.74) is 1.22. The van der Waals surface area contributed by atoms with Crippen LogP contribution in [0.3, 0.4) is 0 Å². The van der Waals surface area contributed by atoms with Gasteiger partial charge in [-0.3, -0.25) is 4.79 Å². The van der Waals surface area contributed by atoms with Crippen LogP contribution in [0.5, 0.6) is 0 Å². The maximum Gasteiger partial charge on any atom is 0.275 e. The zero-order valence-corrected chi connectivity index (χ0v) is 12.0. The van der Waals surface area contributed by atoms with Crippen molar-refractivity contribution in [2.75, 3.05) is 0 Å². The molecule has 0 aliphatic carbocycles. The Kier molecular flexibility index (Phi) is 3.48. The third-order valence-corrected chi connectivity index (χ3v) is 3.60. The summed E-state index contributed by atoms with van der Waals surface area (Å²) in [4.78, 5) is 15.9. The van der Waals surface area contributed by atoms with Gasteiger partial charge >= 0.3 is 0 Å². The monoisotopic (exact) mass is 304 g/mol. The summed E-state index contributed by atoms with van der Waals surface area (Å²) < 4.78 is 2.97. The van der Waals surface area contributed by atoms with Crippen molar-refractivity contribution < 1.29 is 5.11 Å². The first-order chi connectivity index (χ1) is 10.1. The lowest BCUT2D eigenvalue weighted by atomic mass is 10.1. The Morgan fingerprint density at radius 2 is 2.05 bits per heavy atom. The van der Waals surface area contributed by atoms with Gasteiger partial charge in [-0.15, -0.1) is 0 Å². The van der Waals surface area contributed by atoms with Crippen LogP contribution >= 0.6 is 11.6 Å². The second-order valence-corrected chi connectivity index (χ2v) is 5.21. The molecule has 1 N–H and O–H groups in total. The molecule has 0 bridgehead atoms. The second-order valence-electron chi connectivity index (χ2n) is 4.77. The molecule has 3 rings (SSSR count). The maximum absolute atomic E-state index is 11.8. The van der Waals surface area contributed by atoms with Gasteiger partial charge in [0.2, 0.25) is 5.78 Å². The predicted octanol–water partition coefficient (Wildman–Crippen LogP) is 1.59. The van der Waals surface area contributed by atoms with Crippen molar-refractivity contribution in [3.05, 3.63) is 63.3 Å². The molecule has 21 heavy (non-hydrogen) atoms. The molecule has 7 heteroatoms. The first kappa shape index (κ1) is 13.8. The van der Waals surface area contributed by atoms with Crippen molar-refractivity contribution in [2.45, 2.75) is 19.6 Å². The molecule has 1 aromatic carbocycles. The van der Waals surface area contributed by atoms with Gasteiger partial charge in [-0.2, -0.15) is 14.6 Å². The second kappa shape index (κ2) is 5.31. The number of aromatic nitrogens is 4. The Morgan fingerprint density at radius 3 is 2.76 bits per heavy atom. The van der Waals surface area contributed by atoms with E-state index in [-0.39, 0.29) is 12.1 Å². The highest BCUT2D eigenvalue weighted by atomic mass is 35.5. The maximum atomic E-state index is 11.8. The minimum Gasteiger partial charge on any atom is -0.387 e. The van der Waals surface area contributed by atoms with Crippen molar-refractivity contribution >= 4 is 17.4 Å². The molecular formula is C14H13ClN4O2. The Bertz CT molecular complexity index is 838. The Balaban J connectivity index is 2.00. The van der Waals surface area contributed by atoms with Gasteiger partial charge < -0.3 is 9.67 Å². The van der Waals surface area contributed by atoms with Crippen LogP contribution in [-0.4, -0.2) is 24.3 Å². The molecule has 108 valence electrons. The van der Waals surface area contributed by atoms with Crippen LogP contribution in [-0.2, 0) is 6.54 Å². The minimum atomic E-state index is -0.732. The summed E-state index contributed by atoms with van der Waals surface area (Å²) in [5.74, 6) is 0.410. The zero-order valence-electron chi connectivity index (χ0n) is 11.3. The highest BCUT2D eigenvalue weighted by molar-refractivity contribution is 6.30.